The second-order valence-corrected chi connectivity index (χ2v) is 4.61. The van der Waals surface area contributed by atoms with E-state index in [4.69, 9.17) is 0 Å². The predicted octanol–water partition coefficient (Wildman–Crippen LogP) is 1.63. The highest BCUT2D eigenvalue weighted by Crippen LogP contribution is 2.34. The Hall–Kier alpha value is -0.570. The molecule has 88 valence electrons. The van der Waals surface area contributed by atoms with Crippen molar-refractivity contribution in [3.63, 3.8) is 0 Å². The molecule has 0 aromatic rings. The molecule has 0 spiro atoms. The maximum Gasteiger partial charge on any atom is 0.228 e. The number of rotatable bonds is 4. The zero-order valence-corrected chi connectivity index (χ0v) is 10.3. The molecule has 1 N–H and O–H groups in total. The van der Waals surface area contributed by atoms with Crippen molar-refractivity contribution in [2.75, 3.05) is 26.7 Å². The highest BCUT2D eigenvalue weighted by molar-refractivity contribution is 5.82. The Morgan fingerprint density at radius 2 is 1.93 bits per heavy atom. The minimum absolute atomic E-state index is 0.0742. The minimum atomic E-state index is -0.0742. The summed E-state index contributed by atoms with van der Waals surface area (Å²) in [6, 6.07) is 0. The van der Waals surface area contributed by atoms with Crippen LogP contribution in [0.25, 0.3) is 0 Å². The number of nitrogens with one attached hydrogen (secondary N) is 1. The first kappa shape index (κ1) is 12.5. The van der Waals surface area contributed by atoms with Crippen molar-refractivity contribution in [3.8, 4) is 0 Å². The molecular formula is C12H24N2O. The van der Waals surface area contributed by atoms with Crippen molar-refractivity contribution in [2.24, 2.45) is 5.41 Å². The lowest BCUT2D eigenvalue weighted by atomic mass is 9.75. The molecule has 1 fully saturated rings. The van der Waals surface area contributed by atoms with E-state index in [1.165, 1.54) is 0 Å². The summed E-state index contributed by atoms with van der Waals surface area (Å²) in [6.07, 6.45) is 4.01. The van der Waals surface area contributed by atoms with Crippen LogP contribution in [-0.4, -0.2) is 37.5 Å². The van der Waals surface area contributed by atoms with E-state index < -0.39 is 0 Å². The number of hydrogen-bond acceptors (Lipinski definition) is 2. The molecular weight excluding hydrogens is 188 g/mol. The summed E-state index contributed by atoms with van der Waals surface area (Å²) in [6.45, 7) is 7.11. The summed E-state index contributed by atoms with van der Waals surface area (Å²) >= 11 is 0. The van der Waals surface area contributed by atoms with E-state index >= 15 is 0 Å². The Kier molecular flexibility index (Phi) is 4.58. The summed E-state index contributed by atoms with van der Waals surface area (Å²) in [5.41, 5.74) is -0.0742. The lowest BCUT2D eigenvalue weighted by Gasteiger charge is -2.38. The first-order valence-electron chi connectivity index (χ1n) is 6.12. The van der Waals surface area contributed by atoms with Gasteiger partial charge in [0.05, 0.1) is 5.41 Å². The maximum atomic E-state index is 12.3. The molecule has 1 amide bonds. The van der Waals surface area contributed by atoms with Gasteiger partial charge in [0.2, 0.25) is 5.91 Å². The molecule has 0 aromatic carbocycles. The van der Waals surface area contributed by atoms with Gasteiger partial charge >= 0.3 is 0 Å². The third kappa shape index (κ3) is 2.71. The number of amides is 1. The Bertz CT molecular complexity index is 210. The Morgan fingerprint density at radius 1 is 1.33 bits per heavy atom. The smallest absolute Gasteiger partial charge is 0.228 e. The van der Waals surface area contributed by atoms with Crippen LogP contribution in [0.2, 0.25) is 0 Å². The third-order valence-corrected chi connectivity index (χ3v) is 3.60. The molecule has 1 aliphatic rings. The van der Waals surface area contributed by atoms with Crippen LogP contribution in [0.3, 0.4) is 0 Å². The van der Waals surface area contributed by atoms with E-state index in [-0.39, 0.29) is 5.41 Å². The van der Waals surface area contributed by atoms with Gasteiger partial charge < -0.3 is 10.2 Å². The van der Waals surface area contributed by atoms with Crippen molar-refractivity contribution >= 4 is 5.91 Å². The van der Waals surface area contributed by atoms with Crippen LogP contribution in [-0.2, 0) is 4.79 Å². The SMILES string of the molecule is CCCN(C)C(=O)C1(CC)CCNCC1. The average molecular weight is 212 g/mol. The van der Waals surface area contributed by atoms with E-state index in [1.807, 2.05) is 11.9 Å². The quantitative estimate of drug-likeness (QED) is 0.768. The van der Waals surface area contributed by atoms with Crippen molar-refractivity contribution < 1.29 is 4.79 Å². The highest BCUT2D eigenvalue weighted by Gasteiger charge is 2.39. The molecule has 3 heteroatoms. The lowest BCUT2D eigenvalue weighted by Crippen LogP contribution is -2.48. The van der Waals surface area contributed by atoms with Crippen molar-refractivity contribution in [1.29, 1.82) is 0 Å². The van der Waals surface area contributed by atoms with E-state index in [1.54, 1.807) is 0 Å². The van der Waals surface area contributed by atoms with Crippen LogP contribution in [0.5, 0.6) is 0 Å². The first-order chi connectivity index (χ1) is 7.16. The lowest BCUT2D eigenvalue weighted by molar-refractivity contribution is -0.142. The largest absolute Gasteiger partial charge is 0.345 e. The van der Waals surface area contributed by atoms with Crippen LogP contribution in [0.1, 0.15) is 39.5 Å². The molecule has 15 heavy (non-hydrogen) atoms. The minimum Gasteiger partial charge on any atom is -0.345 e. The van der Waals surface area contributed by atoms with Gasteiger partial charge in [-0.15, -0.1) is 0 Å². The fourth-order valence-corrected chi connectivity index (χ4v) is 2.47. The summed E-state index contributed by atoms with van der Waals surface area (Å²) < 4.78 is 0. The Labute approximate surface area is 93.2 Å². The van der Waals surface area contributed by atoms with Crippen molar-refractivity contribution in [2.45, 2.75) is 39.5 Å². The molecule has 1 rings (SSSR count). The van der Waals surface area contributed by atoms with Gasteiger partial charge in [-0.25, -0.2) is 0 Å². The van der Waals surface area contributed by atoms with Gasteiger partial charge in [-0.2, -0.15) is 0 Å². The molecule has 0 unspecified atom stereocenters. The highest BCUT2D eigenvalue weighted by atomic mass is 16.2. The summed E-state index contributed by atoms with van der Waals surface area (Å²) in [5, 5.41) is 3.33. The van der Waals surface area contributed by atoms with Gasteiger partial charge in [-0.3, -0.25) is 4.79 Å². The fourth-order valence-electron chi connectivity index (χ4n) is 2.47. The van der Waals surface area contributed by atoms with Gasteiger partial charge in [-0.1, -0.05) is 13.8 Å². The predicted molar refractivity (Wildman–Crippen MR) is 62.8 cm³/mol. The first-order valence-corrected chi connectivity index (χ1v) is 6.12. The van der Waals surface area contributed by atoms with Crippen LogP contribution in [0, 0.1) is 5.41 Å². The molecule has 1 saturated heterocycles. The van der Waals surface area contributed by atoms with E-state index in [2.05, 4.69) is 19.2 Å². The molecule has 0 atom stereocenters. The molecule has 0 radical (unpaired) electrons. The topological polar surface area (TPSA) is 32.3 Å². The van der Waals surface area contributed by atoms with Gasteiger partial charge in [0, 0.05) is 13.6 Å². The fraction of sp³-hybridized carbons (Fsp3) is 0.917. The van der Waals surface area contributed by atoms with Gasteiger partial charge in [0.1, 0.15) is 0 Å². The number of nitrogens with zero attached hydrogens (tertiary/aromatic N) is 1. The number of carbonyl (C=O) groups excluding carboxylic acids is 1. The maximum absolute atomic E-state index is 12.3. The summed E-state index contributed by atoms with van der Waals surface area (Å²) in [5.74, 6) is 0.355. The Morgan fingerprint density at radius 3 is 2.40 bits per heavy atom. The number of carbonyl (C=O) groups is 1. The van der Waals surface area contributed by atoms with E-state index in [0.29, 0.717) is 5.91 Å². The van der Waals surface area contributed by atoms with Crippen LogP contribution >= 0.6 is 0 Å². The summed E-state index contributed by atoms with van der Waals surface area (Å²) in [4.78, 5) is 14.3. The second-order valence-electron chi connectivity index (χ2n) is 4.61. The average Bonchev–Trinajstić information content (AvgIpc) is 2.29. The molecule has 1 heterocycles. The van der Waals surface area contributed by atoms with Crippen LogP contribution < -0.4 is 5.32 Å². The van der Waals surface area contributed by atoms with E-state index in [0.717, 1.165) is 45.3 Å². The number of piperidine rings is 1. The van der Waals surface area contributed by atoms with E-state index in [9.17, 15) is 4.79 Å². The molecule has 0 aromatic heterocycles. The molecule has 3 nitrogen and oxygen atoms in total. The Balaban J connectivity index is 2.67. The van der Waals surface area contributed by atoms with Gasteiger partial charge in [0.25, 0.3) is 0 Å². The standard InChI is InChI=1S/C12H24N2O/c1-4-10-14(3)11(15)12(5-2)6-8-13-9-7-12/h13H,4-10H2,1-3H3. The molecule has 1 aliphatic heterocycles. The van der Waals surface area contributed by atoms with Crippen molar-refractivity contribution in [1.82, 2.24) is 10.2 Å². The second kappa shape index (κ2) is 5.50. The van der Waals surface area contributed by atoms with Crippen LogP contribution in [0.15, 0.2) is 0 Å². The van der Waals surface area contributed by atoms with Gasteiger partial charge in [0.15, 0.2) is 0 Å². The third-order valence-electron chi connectivity index (χ3n) is 3.60. The zero-order valence-electron chi connectivity index (χ0n) is 10.3. The van der Waals surface area contributed by atoms with Crippen molar-refractivity contribution in [3.05, 3.63) is 0 Å². The molecule has 0 saturated carbocycles. The molecule has 0 aliphatic carbocycles. The van der Waals surface area contributed by atoms with Crippen LogP contribution in [0.4, 0.5) is 0 Å². The normalized spacial score (nSPS) is 19.9. The van der Waals surface area contributed by atoms with Gasteiger partial charge in [-0.05, 0) is 38.8 Å². The molecule has 0 bridgehead atoms. The number of hydrogen-bond donors (Lipinski definition) is 1. The summed E-state index contributed by atoms with van der Waals surface area (Å²) in [7, 11) is 1.94. The monoisotopic (exact) mass is 212 g/mol. The zero-order chi connectivity index (χ0) is 11.3.